The molecule has 0 saturated heterocycles. The van der Waals surface area contributed by atoms with E-state index in [0.717, 1.165) is 36.8 Å². The van der Waals surface area contributed by atoms with Crippen LogP contribution < -0.4 is 0 Å². The quantitative estimate of drug-likeness (QED) is 0.355. The van der Waals surface area contributed by atoms with E-state index >= 15 is 9.59 Å². The van der Waals surface area contributed by atoms with Crippen molar-refractivity contribution < 1.29 is 9.59 Å². The van der Waals surface area contributed by atoms with Gasteiger partial charge in [0.15, 0.2) is 0 Å². The first-order valence-electron chi connectivity index (χ1n) is 15.4. The number of carbonyl (C=O) groups excluding carboxylic acids is 2. The number of ketones is 2. The average Bonchev–Trinajstić information content (AvgIpc) is 3.42. The van der Waals surface area contributed by atoms with Gasteiger partial charge in [0.1, 0.15) is 11.6 Å². The highest BCUT2D eigenvalue weighted by atomic mass is 16.1. The molecule has 4 fully saturated rings. The molecule has 6 rings (SSSR count). The SMILES string of the molecule is CC1(C)[C@@H]2CC[C@@]1(C)C(=O)[C@@]2(C/C=C\c1ccccc1)[C@@]1(C/C=C/c2ccccc2)C(=O)[C@@]2(C)CC[C@H]1C2(C)C. The van der Waals surface area contributed by atoms with Crippen molar-refractivity contribution in [1.82, 2.24) is 0 Å². The molecule has 4 aliphatic carbocycles. The molecule has 0 amide bonds. The van der Waals surface area contributed by atoms with Crippen molar-refractivity contribution in [3.63, 3.8) is 0 Å². The van der Waals surface area contributed by atoms with E-state index < -0.39 is 21.7 Å². The maximum atomic E-state index is 15.2. The van der Waals surface area contributed by atoms with Crippen LogP contribution >= 0.6 is 0 Å². The topological polar surface area (TPSA) is 34.1 Å². The minimum Gasteiger partial charge on any atom is -0.298 e. The van der Waals surface area contributed by atoms with E-state index in [1.807, 2.05) is 12.1 Å². The van der Waals surface area contributed by atoms with E-state index in [1.165, 1.54) is 0 Å². The molecule has 0 spiro atoms. The first-order chi connectivity index (χ1) is 18.9. The van der Waals surface area contributed by atoms with E-state index in [0.29, 0.717) is 24.4 Å². The van der Waals surface area contributed by atoms with Crippen LogP contribution in [0.5, 0.6) is 0 Å². The fraction of sp³-hybridized carbons (Fsp3) is 0.526. The van der Waals surface area contributed by atoms with Gasteiger partial charge in [-0.3, -0.25) is 9.59 Å². The van der Waals surface area contributed by atoms with Crippen molar-refractivity contribution in [1.29, 1.82) is 0 Å². The molecule has 2 nitrogen and oxygen atoms in total. The Morgan fingerprint density at radius 2 is 0.950 bits per heavy atom. The second-order valence-corrected chi connectivity index (χ2v) is 14.9. The Kier molecular flexibility index (Phi) is 6.09. The monoisotopic (exact) mass is 534 g/mol. The van der Waals surface area contributed by atoms with Crippen molar-refractivity contribution in [2.75, 3.05) is 0 Å². The molecule has 0 unspecified atom stereocenters. The number of carbonyl (C=O) groups is 2. The number of hydrogen-bond donors (Lipinski definition) is 0. The zero-order chi connectivity index (χ0) is 28.6. The third kappa shape index (κ3) is 3.17. The Morgan fingerprint density at radius 3 is 1.25 bits per heavy atom. The highest BCUT2D eigenvalue weighted by Crippen LogP contribution is 2.83. The lowest BCUT2D eigenvalue weighted by molar-refractivity contribution is -0.163. The summed E-state index contributed by atoms with van der Waals surface area (Å²) in [6, 6.07) is 20.7. The standard InChI is InChI=1S/C38H46O2/c1-33(2)29-21-25-35(33,5)31(39)37(29,23-13-19-27-15-9-7-10-16-27)38(24-14-20-28-17-11-8-12-18-28)30-22-26-36(6,32(38)40)34(30,3)4/h7-20,29-30H,21-26H2,1-6H3/b19-13-,20-14+/t29-,30-,35-,36+,37-,38+/m0/s1. The van der Waals surface area contributed by atoms with Crippen molar-refractivity contribution in [2.24, 2.45) is 44.3 Å². The number of rotatable bonds is 7. The Hall–Kier alpha value is -2.74. The first kappa shape index (κ1) is 27.4. The van der Waals surface area contributed by atoms with Crippen LogP contribution in [0.2, 0.25) is 0 Å². The Morgan fingerprint density at radius 1 is 0.600 bits per heavy atom. The van der Waals surface area contributed by atoms with Crippen LogP contribution in [0.4, 0.5) is 0 Å². The number of Topliss-reactive ketones (excluding diaryl/α,β-unsaturated/α-hetero) is 2. The van der Waals surface area contributed by atoms with Gasteiger partial charge in [-0.25, -0.2) is 0 Å². The minimum absolute atomic E-state index is 0.145. The van der Waals surface area contributed by atoms with E-state index in [-0.39, 0.29) is 22.7 Å². The Labute approximate surface area is 241 Å². The molecular weight excluding hydrogens is 488 g/mol. The fourth-order valence-electron chi connectivity index (χ4n) is 10.6. The molecule has 2 aromatic carbocycles. The number of benzene rings is 2. The third-order valence-corrected chi connectivity index (χ3v) is 13.4. The zero-order valence-electron chi connectivity index (χ0n) is 25.3. The molecule has 2 heteroatoms. The molecule has 2 aromatic rings. The van der Waals surface area contributed by atoms with Crippen LogP contribution in [0, 0.1) is 44.3 Å². The van der Waals surface area contributed by atoms with Crippen LogP contribution in [0.1, 0.15) is 91.2 Å². The Balaban J connectivity index is 1.56. The van der Waals surface area contributed by atoms with Gasteiger partial charge >= 0.3 is 0 Å². The molecule has 4 bridgehead atoms. The summed E-state index contributed by atoms with van der Waals surface area (Å²) in [7, 11) is 0. The average molecular weight is 535 g/mol. The van der Waals surface area contributed by atoms with Gasteiger partial charge in [0.05, 0.1) is 0 Å². The van der Waals surface area contributed by atoms with Crippen LogP contribution in [0.3, 0.4) is 0 Å². The van der Waals surface area contributed by atoms with E-state index in [9.17, 15) is 0 Å². The van der Waals surface area contributed by atoms with Gasteiger partial charge in [0.25, 0.3) is 0 Å². The van der Waals surface area contributed by atoms with Crippen LogP contribution in [0.15, 0.2) is 72.8 Å². The summed E-state index contributed by atoms with van der Waals surface area (Å²) in [6.07, 6.45) is 14.0. The zero-order valence-corrected chi connectivity index (χ0v) is 25.3. The smallest absolute Gasteiger partial charge is 0.147 e. The van der Waals surface area contributed by atoms with Crippen molar-refractivity contribution in [3.05, 3.63) is 83.9 Å². The van der Waals surface area contributed by atoms with Crippen molar-refractivity contribution >= 4 is 23.7 Å². The molecule has 4 aliphatic rings. The molecule has 0 aliphatic heterocycles. The summed E-state index contributed by atoms with van der Waals surface area (Å²) < 4.78 is 0. The molecule has 4 saturated carbocycles. The summed E-state index contributed by atoms with van der Waals surface area (Å²) in [5.74, 6) is 1.11. The summed E-state index contributed by atoms with van der Waals surface area (Å²) in [5, 5.41) is 0. The lowest BCUT2D eigenvalue weighted by Gasteiger charge is -2.55. The van der Waals surface area contributed by atoms with Gasteiger partial charge in [-0.05, 0) is 72.3 Å². The number of fused-ring (bicyclic) bond motifs is 4. The number of allylic oxidation sites excluding steroid dienone is 2. The Bertz CT molecular complexity index is 1270. The summed E-state index contributed by atoms with van der Waals surface area (Å²) in [6.45, 7) is 13.7. The van der Waals surface area contributed by atoms with Gasteiger partial charge in [-0.1, -0.05) is 127 Å². The molecule has 210 valence electrons. The molecule has 0 heterocycles. The minimum atomic E-state index is -0.701. The molecule has 0 aromatic heterocycles. The normalized spacial score (nSPS) is 39.2. The molecule has 6 atom stereocenters. The van der Waals surface area contributed by atoms with Crippen molar-refractivity contribution in [3.8, 4) is 0 Å². The van der Waals surface area contributed by atoms with Crippen LogP contribution in [0.25, 0.3) is 12.2 Å². The van der Waals surface area contributed by atoms with Crippen molar-refractivity contribution in [2.45, 2.75) is 80.1 Å². The van der Waals surface area contributed by atoms with E-state index in [4.69, 9.17) is 0 Å². The van der Waals surface area contributed by atoms with E-state index in [1.54, 1.807) is 0 Å². The lowest BCUT2D eigenvalue weighted by atomic mass is 9.45. The predicted octanol–water partition coefficient (Wildman–Crippen LogP) is 9.22. The predicted molar refractivity (Wildman–Crippen MR) is 164 cm³/mol. The maximum Gasteiger partial charge on any atom is 0.147 e. The molecule has 0 N–H and O–H groups in total. The summed E-state index contributed by atoms with van der Waals surface area (Å²) in [5.41, 5.74) is -0.211. The third-order valence-electron chi connectivity index (χ3n) is 13.4. The van der Waals surface area contributed by atoms with E-state index in [2.05, 4.69) is 114 Å². The maximum absolute atomic E-state index is 15.2. The molecular formula is C38H46O2. The fourth-order valence-corrected chi connectivity index (χ4v) is 10.6. The number of hydrogen-bond acceptors (Lipinski definition) is 2. The van der Waals surface area contributed by atoms with Gasteiger partial charge in [0, 0.05) is 21.7 Å². The second kappa shape index (κ2) is 8.88. The van der Waals surface area contributed by atoms with Gasteiger partial charge in [-0.15, -0.1) is 0 Å². The molecule has 0 radical (unpaired) electrons. The van der Waals surface area contributed by atoms with Gasteiger partial charge in [0.2, 0.25) is 0 Å². The molecule has 40 heavy (non-hydrogen) atoms. The second-order valence-electron chi connectivity index (χ2n) is 14.9. The van der Waals surface area contributed by atoms with Gasteiger partial charge < -0.3 is 0 Å². The van der Waals surface area contributed by atoms with Gasteiger partial charge in [-0.2, -0.15) is 0 Å². The summed E-state index contributed by atoms with van der Waals surface area (Å²) in [4.78, 5) is 30.4. The highest BCUT2D eigenvalue weighted by Gasteiger charge is 2.85. The first-order valence-corrected chi connectivity index (χ1v) is 15.4. The lowest BCUT2D eigenvalue weighted by Crippen LogP contribution is -2.59. The largest absolute Gasteiger partial charge is 0.298 e. The van der Waals surface area contributed by atoms with Crippen LogP contribution in [-0.2, 0) is 9.59 Å². The van der Waals surface area contributed by atoms with Crippen LogP contribution in [-0.4, -0.2) is 11.6 Å². The summed E-state index contributed by atoms with van der Waals surface area (Å²) >= 11 is 0. The highest BCUT2D eigenvalue weighted by molar-refractivity contribution is 6.05.